The van der Waals surface area contributed by atoms with Gasteiger partial charge in [-0.15, -0.1) is 0 Å². The number of nitrogens with two attached hydrogens (primary N) is 1. The van der Waals surface area contributed by atoms with Crippen molar-refractivity contribution in [3.05, 3.63) is 23.9 Å². The van der Waals surface area contributed by atoms with Gasteiger partial charge in [0.15, 0.2) is 0 Å². The van der Waals surface area contributed by atoms with Gasteiger partial charge in [0, 0.05) is 5.54 Å². The molecule has 5 nitrogen and oxygen atoms in total. The van der Waals surface area contributed by atoms with E-state index in [1.54, 1.807) is 18.2 Å². The average Bonchev–Trinajstić information content (AvgIpc) is 2.24. The molecule has 1 aromatic rings. The van der Waals surface area contributed by atoms with Crippen molar-refractivity contribution in [1.29, 1.82) is 0 Å². The van der Waals surface area contributed by atoms with E-state index in [0.717, 1.165) is 0 Å². The molecule has 0 spiro atoms. The normalized spacial score (nSPS) is 10.2. The Morgan fingerprint density at radius 2 is 2.17 bits per heavy atom. The fourth-order valence-electron chi connectivity index (χ4n) is 1.20. The first-order valence-electron chi connectivity index (χ1n) is 5.66. The highest BCUT2D eigenvalue weighted by Gasteiger charge is 2.13. The summed E-state index contributed by atoms with van der Waals surface area (Å²) in [4.78, 5) is 15.8. The van der Waals surface area contributed by atoms with Gasteiger partial charge in [0.25, 0.3) is 0 Å². The number of pyridine rings is 1. The van der Waals surface area contributed by atoms with Crippen LogP contribution in [-0.2, 0) is 0 Å². The number of nitrogens with one attached hydrogen (secondary N) is 2. The highest BCUT2D eigenvalue weighted by Crippen LogP contribution is 2.05. The van der Waals surface area contributed by atoms with Gasteiger partial charge in [0.1, 0.15) is 11.5 Å². The predicted octanol–water partition coefficient (Wildman–Crippen LogP) is 1.31. The second kappa shape index (κ2) is 6.03. The number of anilines is 1. The third kappa shape index (κ3) is 5.32. The van der Waals surface area contributed by atoms with Crippen LogP contribution in [0.2, 0.25) is 0 Å². The van der Waals surface area contributed by atoms with Crippen molar-refractivity contribution in [2.24, 2.45) is 5.73 Å². The van der Waals surface area contributed by atoms with Crippen LogP contribution in [0.4, 0.5) is 10.6 Å². The largest absolute Gasteiger partial charge is 0.333 e. The van der Waals surface area contributed by atoms with Crippen molar-refractivity contribution in [3.8, 4) is 11.8 Å². The molecule has 0 bridgehead atoms. The summed E-state index contributed by atoms with van der Waals surface area (Å²) in [7, 11) is 0. The van der Waals surface area contributed by atoms with Gasteiger partial charge in [-0.25, -0.2) is 9.78 Å². The Bertz CT molecular complexity index is 480. The van der Waals surface area contributed by atoms with Gasteiger partial charge in [-0.3, -0.25) is 5.32 Å². The number of carbonyl (C=O) groups is 1. The molecular formula is C13H18N4O. The lowest BCUT2D eigenvalue weighted by Crippen LogP contribution is -2.43. The first-order valence-corrected chi connectivity index (χ1v) is 5.66. The van der Waals surface area contributed by atoms with Gasteiger partial charge >= 0.3 is 6.03 Å². The Morgan fingerprint density at radius 1 is 1.44 bits per heavy atom. The van der Waals surface area contributed by atoms with E-state index >= 15 is 0 Å². The fraction of sp³-hybridized carbons (Fsp3) is 0.385. The molecule has 18 heavy (non-hydrogen) atoms. The van der Waals surface area contributed by atoms with Crippen molar-refractivity contribution in [2.45, 2.75) is 26.3 Å². The molecule has 96 valence electrons. The molecule has 0 aliphatic heterocycles. The van der Waals surface area contributed by atoms with Gasteiger partial charge in [-0.1, -0.05) is 12.0 Å². The van der Waals surface area contributed by atoms with Crippen molar-refractivity contribution in [3.63, 3.8) is 0 Å². The quantitative estimate of drug-likeness (QED) is 0.654. The van der Waals surface area contributed by atoms with Crippen LogP contribution in [0.15, 0.2) is 18.2 Å². The number of aromatic nitrogens is 1. The maximum atomic E-state index is 11.6. The Hall–Kier alpha value is -2.06. The molecule has 0 fully saturated rings. The molecule has 0 saturated carbocycles. The maximum Gasteiger partial charge on any atom is 0.320 e. The summed E-state index contributed by atoms with van der Waals surface area (Å²) >= 11 is 0. The Labute approximate surface area is 107 Å². The highest BCUT2D eigenvalue weighted by atomic mass is 16.2. The maximum absolute atomic E-state index is 11.6. The van der Waals surface area contributed by atoms with Crippen LogP contribution >= 0.6 is 0 Å². The molecule has 0 aliphatic rings. The van der Waals surface area contributed by atoms with Crippen molar-refractivity contribution < 1.29 is 4.79 Å². The fourth-order valence-corrected chi connectivity index (χ4v) is 1.20. The zero-order chi connectivity index (χ0) is 13.6. The summed E-state index contributed by atoms with van der Waals surface area (Å²) in [5.74, 6) is 5.98. The van der Waals surface area contributed by atoms with Gasteiger partial charge in [0.2, 0.25) is 0 Å². The Balaban J connectivity index is 2.70. The number of amides is 2. The monoisotopic (exact) mass is 246 g/mol. The summed E-state index contributed by atoms with van der Waals surface area (Å²) in [5.41, 5.74) is 5.57. The SMILES string of the molecule is CC(C)(C)NC(=O)Nc1cccc(C#CCN)n1. The molecule has 1 rings (SSSR count). The smallest absolute Gasteiger partial charge is 0.320 e. The molecule has 0 radical (unpaired) electrons. The molecule has 0 saturated heterocycles. The van der Waals surface area contributed by atoms with Crippen LogP contribution in [0.1, 0.15) is 26.5 Å². The molecule has 4 N–H and O–H groups in total. The summed E-state index contributed by atoms with van der Waals surface area (Å²) in [5, 5.41) is 5.44. The highest BCUT2D eigenvalue weighted by molar-refractivity contribution is 5.88. The molecule has 0 aromatic carbocycles. The first-order chi connectivity index (χ1) is 8.40. The van der Waals surface area contributed by atoms with E-state index in [-0.39, 0.29) is 18.1 Å². The van der Waals surface area contributed by atoms with Gasteiger partial charge in [-0.05, 0) is 38.8 Å². The zero-order valence-electron chi connectivity index (χ0n) is 10.9. The van der Waals surface area contributed by atoms with Crippen molar-refractivity contribution in [1.82, 2.24) is 10.3 Å². The standard InChI is InChI=1S/C13H18N4O/c1-13(2,3)17-12(18)16-11-8-4-6-10(15-11)7-5-9-14/h4,6,8H,9,14H2,1-3H3,(H2,15,16,17,18). The van der Waals surface area contributed by atoms with E-state index in [2.05, 4.69) is 27.5 Å². The van der Waals surface area contributed by atoms with Crippen molar-refractivity contribution >= 4 is 11.8 Å². The van der Waals surface area contributed by atoms with Gasteiger partial charge in [-0.2, -0.15) is 0 Å². The van der Waals surface area contributed by atoms with Crippen LogP contribution < -0.4 is 16.4 Å². The van der Waals surface area contributed by atoms with Gasteiger partial charge in [0.05, 0.1) is 6.54 Å². The van der Waals surface area contributed by atoms with E-state index in [0.29, 0.717) is 11.5 Å². The second-order valence-electron chi connectivity index (χ2n) is 4.74. The van der Waals surface area contributed by atoms with E-state index in [1.165, 1.54) is 0 Å². The lowest BCUT2D eigenvalue weighted by molar-refractivity contribution is 0.243. The molecule has 1 heterocycles. The molecule has 0 atom stereocenters. The number of rotatable bonds is 1. The molecule has 5 heteroatoms. The summed E-state index contributed by atoms with van der Waals surface area (Å²) in [6.45, 7) is 6.00. The van der Waals surface area contributed by atoms with Crippen LogP contribution in [0, 0.1) is 11.8 Å². The lowest BCUT2D eigenvalue weighted by atomic mass is 10.1. The summed E-state index contributed by atoms with van der Waals surface area (Å²) < 4.78 is 0. The number of urea groups is 1. The number of nitrogens with zero attached hydrogens (tertiary/aromatic N) is 1. The van der Waals surface area contributed by atoms with Crippen LogP contribution in [0.25, 0.3) is 0 Å². The minimum Gasteiger partial charge on any atom is -0.333 e. The molecule has 0 aliphatic carbocycles. The topological polar surface area (TPSA) is 80.0 Å². The summed E-state index contributed by atoms with van der Waals surface area (Å²) in [6.07, 6.45) is 0. The number of carbonyl (C=O) groups excluding carboxylic acids is 1. The van der Waals surface area contributed by atoms with E-state index in [9.17, 15) is 4.79 Å². The van der Waals surface area contributed by atoms with Crippen LogP contribution in [0.3, 0.4) is 0 Å². The number of hydrogen-bond donors (Lipinski definition) is 3. The van der Waals surface area contributed by atoms with E-state index in [4.69, 9.17) is 5.73 Å². The third-order valence-corrected chi connectivity index (χ3v) is 1.80. The minimum absolute atomic E-state index is 0.282. The second-order valence-corrected chi connectivity index (χ2v) is 4.74. The first kappa shape index (κ1) is 14.0. The zero-order valence-corrected chi connectivity index (χ0v) is 10.9. The number of hydrogen-bond acceptors (Lipinski definition) is 3. The Kier molecular flexibility index (Phi) is 4.69. The van der Waals surface area contributed by atoms with Crippen molar-refractivity contribution in [2.75, 3.05) is 11.9 Å². The predicted molar refractivity (Wildman–Crippen MR) is 72.1 cm³/mol. The summed E-state index contributed by atoms with van der Waals surface area (Å²) in [6, 6.07) is 4.95. The minimum atomic E-state index is -0.293. The van der Waals surface area contributed by atoms with E-state index in [1.807, 2.05) is 20.8 Å². The lowest BCUT2D eigenvalue weighted by Gasteiger charge is -2.20. The van der Waals surface area contributed by atoms with Crippen LogP contribution in [0.5, 0.6) is 0 Å². The third-order valence-electron chi connectivity index (χ3n) is 1.80. The average molecular weight is 246 g/mol. The molecular weight excluding hydrogens is 228 g/mol. The van der Waals surface area contributed by atoms with E-state index < -0.39 is 0 Å². The molecule has 0 unspecified atom stereocenters. The van der Waals surface area contributed by atoms with Gasteiger partial charge < -0.3 is 11.1 Å². The molecule has 2 amide bonds. The molecule has 1 aromatic heterocycles. The Morgan fingerprint density at radius 3 is 2.78 bits per heavy atom. The van der Waals surface area contributed by atoms with Crippen LogP contribution in [-0.4, -0.2) is 23.1 Å².